The van der Waals surface area contributed by atoms with Crippen LogP contribution in [0.5, 0.6) is 11.5 Å². The van der Waals surface area contributed by atoms with Gasteiger partial charge in [0, 0.05) is 5.56 Å². The number of thiazole rings is 1. The van der Waals surface area contributed by atoms with Crippen molar-refractivity contribution in [1.29, 1.82) is 0 Å². The molecule has 0 aliphatic rings. The van der Waals surface area contributed by atoms with E-state index in [9.17, 15) is 4.79 Å². The smallest absolute Gasteiger partial charge is 0.326 e. The first-order chi connectivity index (χ1) is 12.7. The SMILES string of the molecule is Cc1cn[nH]c1NC(=O)Nc1nc2c(Oc3ccccc3)cccc2s1. The molecule has 0 bridgehead atoms. The number of carbonyl (C=O) groups excluding carboxylic acids is 1. The van der Waals surface area contributed by atoms with E-state index in [4.69, 9.17) is 4.74 Å². The van der Waals surface area contributed by atoms with Gasteiger partial charge in [-0.25, -0.2) is 9.78 Å². The minimum absolute atomic E-state index is 0.387. The molecule has 0 atom stereocenters. The number of rotatable bonds is 4. The van der Waals surface area contributed by atoms with Gasteiger partial charge in [-0.15, -0.1) is 0 Å². The number of aryl methyl sites for hydroxylation is 1. The van der Waals surface area contributed by atoms with Crippen LogP contribution in [0.4, 0.5) is 15.7 Å². The van der Waals surface area contributed by atoms with E-state index in [0.29, 0.717) is 22.2 Å². The summed E-state index contributed by atoms with van der Waals surface area (Å²) in [5.74, 6) is 1.93. The van der Waals surface area contributed by atoms with E-state index in [2.05, 4.69) is 25.8 Å². The molecule has 26 heavy (non-hydrogen) atoms. The maximum absolute atomic E-state index is 12.2. The van der Waals surface area contributed by atoms with E-state index in [0.717, 1.165) is 16.0 Å². The molecule has 0 fully saturated rings. The highest BCUT2D eigenvalue weighted by atomic mass is 32.1. The topological polar surface area (TPSA) is 91.9 Å². The number of nitrogens with zero attached hydrogens (tertiary/aromatic N) is 2. The third-order valence-corrected chi connectivity index (χ3v) is 4.58. The molecule has 0 saturated carbocycles. The molecule has 2 amide bonds. The summed E-state index contributed by atoms with van der Waals surface area (Å²) in [5, 5.41) is 12.5. The van der Waals surface area contributed by atoms with E-state index in [1.165, 1.54) is 11.3 Å². The van der Waals surface area contributed by atoms with Crippen molar-refractivity contribution < 1.29 is 9.53 Å². The van der Waals surface area contributed by atoms with Crippen LogP contribution in [0.15, 0.2) is 54.7 Å². The first-order valence-corrected chi connectivity index (χ1v) is 8.71. The van der Waals surface area contributed by atoms with E-state index in [1.54, 1.807) is 6.20 Å². The number of urea groups is 1. The number of aromatic amines is 1. The molecule has 4 aromatic rings. The van der Waals surface area contributed by atoms with Gasteiger partial charge in [0.15, 0.2) is 10.9 Å². The van der Waals surface area contributed by atoms with Crippen LogP contribution in [0, 0.1) is 6.92 Å². The Morgan fingerprint density at radius 2 is 1.96 bits per heavy atom. The predicted molar refractivity (Wildman–Crippen MR) is 102 cm³/mol. The lowest BCUT2D eigenvalue weighted by atomic mass is 10.3. The van der Waals surface area contributed by atoms with Crippen molar-refractivity contribution in [2.75, 3.05) is 10.6 Å². The number of carbonyl (C=O) groups is 1. The Morgan fingerprint density at radius 3 is 2.73 bits per heavy atom. The summed E-state index contributed by atoms with van der Waals surface area (Å²) in [4.78, 5) is 16.6. The number of hydrogen-bond donors (Lipinski definition) is 3. The van der Waals surface area contributed by atoms with Crippen molar-refractivity contribution in [3.63, 3.8) is 0 Å². The molecule has 4 rings (SSSR count). The fraction of sp³-hybridized carbons (Fsp3) is 0.0556. The molecular weight excluding hydrogens is 350 g/mol. The van der Waals surface area contributed by atoms with Crippen molar-refractivity contribution in [3.8, 4) is 11.5 Å². The lowest BCUT2D eigenvalue weighted by molar-refractivity contribution is 0.262. The summed E-state index contributed by atoms with van der Waals surface area (Å²) < 4.78 is 6.84. The van der Waals surface area contributed by atoms with Gasteiger partial charge in [-0.1, -0.05) is 35.6 Å². The molecule has 0 radical (unpaired) electrons. The Labute approximate surface area is 153 Å². The van der Waals surface area contributed by atoms with Gasteiger partial charge in [0.1, 0.15) is 17.1 Å². The standard InChI is InChI=1S/C18H15N5O2S/c1-11-10-19-23-16(11)21-17(24)22-18-20-15-13(8-5-9-14(15)26-18)25-12-6-3-2-4-7-12/h2-10H,1H3,(H3,19,20,21,22,23,24). The maximum Gasteiger partial charge on any atom is 0.326 e. The molecular formula is C18H15N5O2S. The number of aromatic nitrogens is 3. The fourth-order valence-corrected chi connectivity index (χ4v) is 3.27. The molecule has 0 saturated heterocycles. The highest BCUT2D eigenvalue weighted by Gasteiger charge is 2.13. The van der Waals surface area contributed by atoms with Crippen molar-refractivity contribution >= 4 is 38.5 Å². The molecule has 2 aromatic heterocycles. The molecule has 7 nitrogen and oxygen atoms in total. The number of anilines is 2. The number of hydrogen-bond acceptors (Lipinski definition) is 5. The van der Waals surface area contributed by atoms with Crippen molar-refractivity contribution in [2.45, 2.75) is 6.92 Å². The van der Waals surface area contributed by atoms with Crippen LogP contribution in [-0.4, -0.2) is 21.2 Å². The van der Waals surface area contributed by atoms with Crippen LogP contribution < -0.4 is 15.4 Å². The first-order valence-electron chi connectivity index (χ1n) is 7.89. The minimum Gasteiger partial charge on any atom is -0.455 e. The fourth-order valence-electron chi connectivity index (χ4n) is 2.39. The van der Waals surface area contributed by atoms with Gasteiger partial charge in [-0.2, -0.15) is 5.10 Å². The second-order valence-electron chi connectivity index (χ2n) is 5.54. The Morgan fingerprint density at radius 1 is 1.12 bits per heavy atom. The number of H-pyrrole nitrogens is 1. The minimum atomic E-state index is -0.387. The molecule has 0 spiro atoms. The largest absolute Gasteiger partial charge is 0.455 e. The van der Waals surface area contributed by atoms with Gasteiger partial charge >= 0.3 is 6.03 Å². The van der Waals surface area contributed by atoms with Crippen LogP contribution in [0.1, 0.15) is 5.56 Å². The summed E-state index contributed by atoms with van der Waals surface area (Å²) in [6.45, 7) is 1.85. The second kappa shape index (κ2) is 6.85. The Bertz CT molecular complexity index is 1060. The van der Waals surface area contributed by atoms with Gasteiger partial charge in [0.25, 0.3) is 0 Å². The number of fused-ring (bicyclic) bond motifs is 1. The van der Waals surface area contributed by atoms with Crippen LogP contribution in [0.2, 0.25) is 0 Å². The van der Waals surface area contributed by atoms with Crippen LogP contribution in [0.25, 0.3) is 10.2 Å². The summed E-state index contributed by atoms with van der Waals surface area (Å²) in [6, 6.07) is 14.8. The number of para-hydroxylation sites is 2. The summed E-state index contributed by atoms with van der Waals surface area (Å²) in [6.07, 6.45) is 1.64. The zero-order valence-corrected chi connectivity index (χ0v) is 14.6. The van der Waals surface area contributed by atoms with Gasteiger partial charge in [-0.3, -0.25) is 15.7 Å². The predicted octanol–water partition coefficient (Wildman–Crippen LogP) is 4.76. The Kier molecular flexibility index (Phi) is 4.24. The number of nitrogens with one attached hydrogen (secondary N) is 3. The van der Waals surface area contributed by atoms with E-state index in [-0.39, 0.29) is 6.03 Å². The summed E-state index contributed by atoms with van der Waals surface area (Å²) >= 11 is 1.38. The third-order valence-electron chi connectivity index (χ3n) is 3.64. The zero-order chi connectivity index (χ0) is 17.9. The molecule has 8 heteroatoms. The lowest BCUT2D eigenvalue weighted by Crippen LogP contribution is -2.19. The monoisotopic (exact) mass is 365 g/mol. The van der Waals surface area contributed by atoms with E-state index in [1.807, 2.05) is 55.5 Å². The molecule has 2 heterocycles. The molecule has 2 aromatic carbocycles. The lowest BCUT2D eigenvalue weighted by Gasteiger charge is -2.05. The number of benzene rings is 2. The normalized spacial score (nSPS) is 10.7. The van der Waals surface area contributed by atoms with Crippen LogP contribution in [-0.2, 0) is 0 Å². The van der Waals surface area contributed by atoms with Crippen molar-refractivity contribution in [3.05, 3.63) is 60.3 Å². The average molecular weight is 365 g/mol. The average Bonchev–Trinajstić information content (AvgIpc) is 3.22. The maximum atomic E-state index is 12.2. The first kappa shape index (κ1) is 16.1. The quantitative estimate of drug-likeness (QED) is 0.486. The third kappa shape index (κ3) is 3.35. The van der Waals surface area contributed by atoms with Crippen molar-refractivity contribution in [2.24, 2.45) is 0 Å². The van der Waals surface area contributed by atoms with E-state index >= 15 is 0 Å². The summed E-state index contributed by atoms with van der Waals surface area (Å²) in [7, 11) is 0. The Hall–Kier alpha value is -3.39. The number of amides is 2. The number of ether oxygens (including phenoxy) is 1. The Balaban J connectivity index is 1.55. The van der Waals surface area contributed by atoms with Gasteiger partial charge in [0.05, 0.1) is 10.9 Å². The molecule has 130 valence electrons. The van der Waals surface area contributed by atoms with Gasteiger partial charge in [0.2, 0.25) is 0 Å². The van der Waals surface area contributed by atoms with Gasteiger partial charge in [-0.05, 0) is 31.2 Å². The molecule has 0 aliphatic heterocycles. The highest BCUT2D eigenvalue weighted by Crippen LogP contribution is 2.34. The van der Waals surface area contributed by atoms with Crippen molar-refractivity contribution in [1.82, 2.24) is 15.2 Å². The highest BCUT2D eigenvalue weighted by molar-refractivity contribution is 7.22. The van der Waals surface area contributed by atoms with Gasteiger partial charge < -0.3 is 4.74 Å². The molecule has 0 unspecified atom stereocenters. The van der Waals surface area contributed by atoms with Crippen LogP contribution >= 0.6 is 11.3 Å². The van der Waals surface area contributed by atoms with Crippen LogP contribution in [0.3, 0.4) is 0 Å². The second-order valence-corrected chi connectivity index (χ2v) is 6.57. The molecule has 0 aliphatic carbocycles. The molecule has 3 N–H and O–H groups in total. The van der Waals surface area contributed by atoms with E-state index < -0.39 is 0 Å². The zero-order valence-electron chi connectivity index (χ0n) is 13.8. The summed E-state index contributed by atoms with van der Waals surface area (Å²) in [5.41, 5.74) is 1.55.